The van der Waals surface area contributed by atoms with Gasteiger partial charge in [0.1, 0.15) is 0 Å². The topological polar surface area (TPSA) is 82.2 Å². The van der Waals surface area contributed by atoms with Crippen LogP contribution in [0.4, 0.5) is 5.13 Å². The van der Waals surface area contributed by atoms with Crippen molar-refractivity contribution in [3.8, 4) is 11.3 Å². The lowest BCUT2D eigenvalue weighted by molar-refractivity contribution is 0.798. The molecule has 5 nitrogen and oxygen atoms in total. The molecule has 3 rings (SSSR count). The summed E-state index contributed by atoms with van der Waals surface area (Å²) >= 11 is 1.43. The zero-order chi connectivity index (χ0) is 14.1. The summed E-state index contributed by atoms with van der Waals surface area (Å²) in [7, 11) is 0. The van der Waals surface area contributed by atoms with E-state index in [-0.39, 0.29) is 5.96 Å². The van der Waals surface area contributed by atoms with E-state index in [0.717, 1.165) is 17.8 Å². The van der Waals surface area contributed by atoms with Crippen LogP contribution in [0, 0.1) is 0 Å². The maximum atomic E-state index is 5.38. The fraction of sp³-hybridized carbons (Fsp3) is 0.143. The van der Waals surface area contributed by atoms with Crippen molar-refractivity contribution in [2.75, 3.05) is 0 Å². The predicted molar refractivity (Wildman–Crippen MR) is 84.2 cm³/mol. The first-order chi connectivity index (χ1) is 9.69. The Kier molecular flexibility index (Phi) is 3.15. The highest BCUT2D eigenvalue weighted by atomic mass is 32.1. The molecular formula is C14H15N5S. The molecule has 0 aliphatic rings. The second-order valence-corrected chi connectivity index (χ2v) is 5.23. The maximum Gasteiger partial charge on any atom is 0.212 e. The van der Waals surface area contributed by atoms with Gasteiger partial charge in [-0.1, -0.05) is 18.2 Å². The van der Waals surface area contributed by atoms with Crippen LogP contribution in [0.3, 0.4) is 0 Å². The summed E-state index contributed by atoms with van der Waals surface area (Å²) < 4.78 is 2.21. The molecule has 0 fully saturated rings. The fourth-order valence-electron chi connectivity index (χ4n) is 2.26. The van der Waals surface area contributed by atoms with Gasteiger partial charge in [0.25, 0.3) is 0 Å². The number of aryl methyl sites for hydroxylation is 1. The Balaban J connectivity index is 2.15. The molecule has 0 bridgehead atoms. The lowest BCUT2D eigenvalue weighted by atomic mass is 10.1. The minimum Gasteiger partial charge on any atom is -0.370 e. The van der Waals surface area contributed by atoms with E-state index in [1.807, 2.05) is 17.5 Å². The Hall–Kier alpha value is -2.34. The van der Waals surface area contributed by atoms with E-state index in [2.05, 4.69) is 39.8 Å². The Morgan fingerprint density at radius 1 is 1.35 bits per heavy atom. The molecule has 3 aromatic rings. The standard InChI is InChI=1S/C14H15N5S/c1-2-19-7-10(9-5-3-4-6-12(9)19)11-8-20-14(17-11)18-13(15)16/h3-8H,2H2,1H3,(H4,15,16,17,18). The number of hydrogen-bond donors (Lipinski definition) is 2. The van der Waals surface area contributed by atoms with Crippen molar-refractivity contribution in [3.63, 3.8) is 0 Å². The molecule has 0 spiro atoms. The van der Waals surface area contributed by atoms with Crippen LogP contribution >= 0.6 is 11.3 Å². The number of guanidine groups is 1. The molecule has 0 saturated carbocycles. The van der Waals surface area contributed by atoms with Crippen molar-refractivity contribution in [1.29, 1.82) is 0 Å². The predicted octanol–water partition coefficient (Wildman–Crippen LogP) is 2.69. The lowest BCUT2D eigenvalue weighted by Crippen LogP contribution is -2.21. The monoisotopic (exact) mass is 285 g/mol. The van der Waals surface area contributed by atoms with Crippen molar-refractivity contribution < 1.29 is 0 Å². The first-order valence-corrected chi connectivity index (χ1v) is 7.20. The van der Waals surface area contributed by atoms with E-state index in [1.54, 1.807) is 0 Å². The summed E-state index contributed by atoms with van der Waals surface area (Å²) in [5.41, 5.74) is 14.0. The van der Waals surface area contributed by atoms with Crippen molar-refractivity contribution in [1.82, 2.24) is 9.55 Å². The van der Waals surface area contributed by atoms with Gasteiger partial charge in [0, 0.05) is 34.6 Å². The number of rotatable bonds is 3. The van der Waals surface area contributed by atoms with Crippen LogP contribution in [-0.4, -0.2) is 15.5 Å². The fourth-order valence-corrected chi connectivity index (χ4v) is 2.97. The van der Waals surface area contributed by atoms with E-state index < -0.39 is 0 Å². The molecule has 0 radical (unpaired) electrons. The number of benzene rings is 1. The number of thiazole rings is 1. The van der Waals surface area contributed by atoms with Crippen molar-refractivity contribution in [2.45, 2.75) is 13.5 Å². The van der Waals surface area contributed by atoms with Crippen LogP contribution in [0.1, 0.15) is 6.92 Å². The molecule has 0 aliphatic carbocycles. The summed E-state index contributed by atoms with van der Waals surface area (Å²) in [6.07, 6.45) is 2.12. The van der Waals surface area contributed by atoms with Crippen LogP contribution in [0.2, 0.25) is 0 Å². The third-order valence-electron chi connectivity index (χ3n) is 3.12. The molecule has 4 N–H and O–H groups in total. The summed E-state index contributed by atoms with van der Waals surface area (Å²) in [5, 5.41) is 3.74. The van der Waals surface area contributed by atoms with Gasteiger partial charge in [0.2, 0.25) is 5.13 Å². The molecule has 20 heavy (non-hydrogen) atoms. The van der Waals surface area contributed by atoms with Crippen LogP contribution in [-0.2, 0) is 6.54 Å². The van der Waals surface area contributed by atoms with Gasteiger partial charge in [0.15, 0.2) is 5.96 Å². The smallest absolute Gasteiger partial charge is 0.212 e. The zero-order valence-electron chi connectivity index (χ0n) is 11.1. The molecular weight excluding hydrogens is 270 g/mol. The summed E-state index contributed by atoms with van der Waals surface area (Å²) in [6.45, 7) is 3.05. The Labute approximate surface area is 120 Å². The average molecular weight is 285 g/mol. The third-order valence-corrected chi connectivity index (χ3v) is 3.86. The first-order valence-electron chi connectivity index (χ1n) is 6.32. The van der Waals surface area contributed by atoms with Crippen molar-refractivity contribution in [3.05, 3.63) is 35.8 Å². The number of aliphatic imine (C=N–C) groups is 1. The minimum atomic E-state index is 0.0295. The molecule has 2 aromatic heterocycles. The first kappa shape index (κ1) is 12.7. The van der Waals surface area contributed by atoms with E-state index in [4.69, 9.17) is 11.5 Å². The zero-order valence-corrected chi connectivity index (χ0v) is 11.9. The van der Waals surface area contributed by atoms with E-state index in [1.165, 1.54) is 22.2 Å². The van der Waals surface area contributed by atoms with Crippen molar-refractivity contribution >= 4 is 33.3 Å². The van der Waals surface area contributed by atoms with Crippen molar-refractivity contribution in [2.24, 2.45) is 16.5 Å². The molecule has 0 unspecified atom stereocenters. The Bertz CT molecular complexity index is 780. The van der Waals surface area contributed by atoms with Crippen LogP contribution in [0.25, 0.3) is 22.2 Å². The highest BCUT2D eigenvalue weighted by Crippen LogP contribution is 2.33. The highest BCUT2D eigenvalue weighted by molar-refractivity contribution is 7.13. The number of fused-ring (bicyclic) bond motifs is 1. The van der Waals surface area contributed by atoms with Gasteiger partial charge in [-0.15, -0.1) is 11.3 Å². The van der Waals surface area contributed by atoms with Gasteiger partial charge in [-0.05, 0) is 13.0 Å². The molecule has 1 aromatic carbocycles. The van der Waals surface area contributed by atoms with Gasteiger partial charge in [-0.3, -0.25) is 0 Å². The number of hydrogen-bond acceptors (Lipinski definition) is 3. The second kappa shape index (κ2) is 4.97. The Morgan fingerprint density at radius 3 is 2.90 bits per heavy atom. The summed E-state index contributed by atoms with van der Waals surface area (Å²) in [6, 6.07) is 8.31. The number of nitrogens with zero attached hydrogens (tertiary/aromatic N) is 3. The normalized spacial score (nSPS) is 10.8. The third kappa shape index (κ3) is 2.14. The van der Waals surface area contributed by atoms with E-state index in [9.17, 15) is 0 Å². The van der Waals surface area contributed by atoms with E-state index in [0.29, 0.717) is 5.13 Å². The molecule has 0 atom stereocenters. The van der Waals surface area contributed by atoms with Crippen LogP contribution < -0.4 is 11.5 Å². The largest absolute Gasteiger partial charge is 0.370 e. The van der Waals surface area contributed by atoms with Gasteiger partial charge in [-0.2, -0.15) is 4.99 Å². The molecule has 6 heteroatoms. The minimum absolute atomic E-state index is 0.0295. The maximum absolute atomic E-state index is 5.38. The number of aromatic nitrogens is 2. The molecule has 2 heterocycles. The summed E-state index contributed by atoms with van der Waals surface area (Å²) in [5.74, 6) is 0.0295. The lowest BCUT2D eigenvalue weighted by Gasteiger charge is -1.97. The van der Waals surface area contributed by atoms with Gasteiger partial charge in [-0.25, -0.2) is 4.98 Å². The quantitative estimate of drug-likeness (QED) is 0.573. The van der Waals surface area contributed by atoms with Crippen LogP contribution in [0.15, 0.2) is 40.8 Å². The molecule has 0 aliphatic heterocycles. The van der Waals surface area contributed by atoms with Gasteiger partial charge >= 0.3 is 0 Å². The van der Waals surface area contributed by atoms with Gasteiger partial charge < -0.3 is 16.0 Å². The van der Waals surface area contributed by atoms with Gasteiger partial charge in [0.05, 0.1) is 5.69 Å². The molecule has 102 valence electrons. The average Bonchev–Trinajstić information content (AvgIpc) is 3.02. The number of para-hydroxylation sites is 1. The summed E-state index contributed by atoms with van der Waals surface area (Å²) in [4.78, 5) is 8.46. The van der Waals surface area contributed by atoms with Crippen LogP contribution in [0.5, 0.6) is 0 Å². The molecule has 0 saturated heterocycles. The number of nitrogens with two attached hydrogens (primary N) is 2. The highest BCUT2D eigenvalue weighted by Gasteiger charge is 2.12. The molecule has 0 amide bonds. The SMILES string of the molecule is CCn1cc(-c2csc(N=C(N)N)n2)c2ccccc21. The Morgan fingerprint density at radius 2 is 2.15 bits per heavy atom. The van der Waals surface area contributed by atoms with E-state index >= 15 is 0 Å². The second-order valence-electron chi connectivity index (χ2n) is 4.40.